The lowest BCUT2D eigenvalue weighted by molar-refractivity contribution is -0.143. The molecule has 0 aromatic carbocycles. The molecule has 2 rings (SSSR count). The molecular formula is C15H24N2O4. The highest BCUT2D eigenvalue weighted by Gasteiger charge is 2.31. The van der Waals surface area contributed by atoms with Crippen LogP contribution in [0.15, 0.2) is 0 Å². The van der Waals surface area contributed by atoms with Crippen molar-refractivity contribution < 1.29 is 19.5 Å². The minimum Gasteiger partial charge on any atom is -0.481 e. The number of carbonyl (C=O) groups excluding carboxylic acids is 2. The smallest absolute Gasteiger partial charge is 0.306 e. The number of nitrogens with one attached hydrogen (secondary N) is 1. The molecule has 118 valence electrons. The quantitative estimate of drug-likeness (QED) is 0.813. The van der Waals surface area contributed by atoms with Crippen LogP contribution in [-0.4, -0.2) is 46.9 Å². The third-order valence-electron chi connectivity index (χ3n) is 4.68. The Morgan fingerprint density at radius 1 is 1.05 bits per heavy atom. The molecule has 6 nitrogen and oxygen atoms in total. The topological polar surface area (TPSA) is 86.7 Å². The summed E-state index contributed by atoms with van der Waals surface area (Å²) >= 11 is 0. The molecule has 2 unspecified atom stereocenters. The van der Waals surface area contributed by atoms with Gasteiger partial charge in [0, 0.05) is 32.0 Å². The SMILES string of the molecule is CC(=O)N1CCC(C(=O)NC2CCCC(C(=O)O)C2)CC1. The molecule has 1 aliphatic carbocycles. The molecule has 1 heterocycles. The second kappa shape index (κ2) is 6.91. The Kier molecular flexibility index (Phi) is 5.20. The lowest BCUT2D eigenvalue weighted by Crippen LogP contribution is -2.46. The number of rotatable bonds is 3. The summed E-state index contributed by atoms with van der Waals surface area (Å²) in [5, 5.41) is 12.1. The maximum Gasteiger partial charge on any atom is 0.306 e. The fourth-order valence-corrected chi connectivity index (χ4v) is 3.32. The van der Waals surface area contributed by atoms with Crippen molar-refractivity contribution in [2.45, 2.75) is 51.5 Å². The molecule has 0 aromatic rings. The van der Waals surface area contributed by atoms with E-state index in [-0.39, 0.29) is 29.7 Å². The summed E-state index contributed by atoms with van der Waals surface area (Å²) < 4.78 is 0. The highest BCUT2D eigenvalue weighted by atomic mass is 16.4. The molecule has 2 N–H and O–H groups in total. The molecule has 1 saturated carbocycles. The fraction of sp³-hybridized carbons (Fsp3) is 0.800. The zero-order valence-electron chi connectivity index (χ0n) is 12.5. The summed E-state index contributed by atoms with van der Waals surface area (Å²) in [6.07, 6.45) is 4.35. The fourth-order valence-electron chi connectivity index (χ4n) is 3.32. The van der Waals surface area contributed by atoms with Gasteiger partial charge < -0.3 is 15.3 Å². The van der Waals surface area contributed by atoms with E-state index in [4.69, 9.17) is 5.11 Å². The van der Waals surface area contributed by atoms with Crippen molar-refractivity contribution in [2.24, 2.45) is 11.8 Å². The molecule has 6 heteroatoms. The number of hydrogen-bond donors (Lipinski definition) is 2. The zero-order chi connectivity index (χ0) is 15.4. The van der Waals surface area contributed by atoms with Gasteiger partial charge in [-0.05, 0) is 32.1 Å². The molecule has 2 amide bonds. The first-order valence-electron chi connectivity index (χ1n) is 7.76. The number of carboxylic acid groups (broad SMARTS) is 1. The molecule has 1 saturated heterocycles. The van der Waals surface area contributed by atoms with Gasteiger partial charge in [0.25, 0.3) is 0 Å². The molecule has 1 aliphatic heterocycles. The van der Waals surface area contributed by atoms with Gasteiger partial charge >= 0.3 is 5.97 Å². The van der Waals surface area contributed by atoms with Crippen LogP contribution in [0.5, 0.6) is 0 Å². The third kappa shape index (κ3) is 4.19. The van der Waals surface area contributed by atoms with Gasteiger partial charge in [-0.3, -0.25) is 14.4 Å². The minimum atomic E-state index is -0.760. The average Bonchev–Trinajstić information content (AvgIpc) is 2.47. The van der Waals surface area contributed by atoms with Crippen molar-refractivity contribution in [2.75, 3.05) is 13.1 Å². The molecule has 21 heavy (non-hydrogen) atoms. The standard InChI is InChI=1S/C15H24N2O4/c1-10(18)17-7-5-11(6-8-17)14(19)16-13-4-2-3-12(9-13)15(20)21/h11-13H,2-9H2,1H3,(H,16,19)(H,20,21). The molecule has 2 fully saturated rings. The Bertz CT molecular complexity index is 416. The van der Waals surface area contributed by atoms with Gasteiger partial charge in [-0.25, -0.2) is 0 Å². The number of aliphatic carboxylic acids is 1. The van der Waals surface area contributed by atoms with Crippen LogP contribution in [0.1, 0.15) is 45.4 Å². The van der Waals surface area contributed by atoms with E-state index in [1.54, 1.807) is 11.8 Å². The Morgan fingerprint density at radius 2 is 1.71 bits per heavy atom. The lowest BCUT2D eigenvalue weighted by Gasteiger charge is -2.33. The normalized spacial score (nSPS) is 27.2. The summed E-state index contributed by atoms with van der Waals surface area (Å²) in [5.74, 6) is -1.06. The van der Waals surface area contributed by atoms with Crippen molar-refractivity contribution in [1.29, 1.82) is 0 Å². The predicted octanol–water partition coefficient (Wildman–Crippen LogP) is 1.00. The van der Waals surface area contributed by atoms with Crippen molar-refractivity contribution in [3.63, 3.8) is 0 Å². The van der Waals surface area contributed by atoms with Gasteiger partial charge in [-0.2, -0.15) is 0 Å². The summed E-state index contributed by atoms with van der Waals surface area (Å²) in [5.41, 5.74) is 0. The van der Waals surface area contributed by atoms with Gasteiger partial charge in [-0.1, -0.05) is 6.42 Å². The number of carboxylic acids is 1. The molecular weight excluding hydrogens is 272 g/mol. The van der Waals surface area contributed by atoms with Crippen molar-refractivity contribution in [3.05, 3.63) is 0 Å². The van der Waals surface area contributed by atoms with Gasteiger partial charge in [0.1, 0.15) is 0 Å². The van der Waals surface area contributed by atoms with Crippen molar-refractivity contribution >= 4 is 17.8 Å². The number of piperidine rings is 1. The first kappa shape index (κ1) is 15.8. The van der Waals surface area contributed by atoms with Crippen LogP contribution in [0.3, 0.4) is 0 Å². The third-order valence-corrected chi connectivity index (χ3v) is 4.68. The van der Waals surface area contributed by atoms with Crippen LogP contribution in [0.2, 0.25) is 0 Å². The van der Waals surface area contributed by atoms with E-state index in [1.807, 2.05) is 0 Å². The van der Waals surface area contributed by atoms with E-state index >= 15 is 0 Å². The summed E-state index contributed by atoms with van der Waals surface area (Å²) in [7, 11) is 0. The summed E-state index contributed by atoms with van der Waals surface area (Å²) in [6.45, 7) is 2.82. The van der Waals surface area contributed by atoms with E-state index in [0.29, 0.717) is 38.8 Å². The monoisotopic (exact) mass is 296 g/mol. The van der Waals surface area contributed by atoms with Crippen LogP contribution >= 0.6 is 0 Å². The maximum atomic E-state index is 12.3. The Balaban J connectivity index is 1.79. The summed E-state index contributed by atoms with van der Waals surface area (Å²) in [6, 6.07) is -0.0156. The molecule has 0 bridgehead atoms. The van der Waals surface area contributed by atoms with Crippen molar-refractivity contribution in [3.8, 4) is 0 Å². The van der Waals surface area contributed by atoms with E-state index < -0.39 is 5.97 Å². The number of likely N-dealkylation sites (tertiary alicyclic amines) is 1. The van der Waals surface area contributed by atoms with E-state index in [2.05, 4.69) is 5.32 Å². The van der Waals surface area contributed by atoms with Crippen LogP contribution < -0.4 is 5.32 Å². The Hall–Kier alpha value is -1.59. The molecule has 0 radical (unpaired) electrons. The number of amides is 2. The van der Waals surface area contributed by atoms with Crippen molar-refractivity contribution in [1.82, 2.24) is 10.2 Å². The van der Waals surface area contributed by atoms with E-state index in [9.17, 15) is 14.4 Å². The molecule has 2 atom stereocenters. The second-order valence-corrected chi connectivity index (χ2v) is 6.19. The molecule has 0 spiro atoms. The van der Waals surface area contributed by atoms with Crippen LogP contribution in [0.4, 0.5) is 0 Å². The zero-order valence-corrected chi connectivity index (χ0v) is 12.5. The van der Waals surface area contributed by atoms with E-state index in [0.717, 1.165) is 12.8 Å². The maximum absolute atomic E-state index is 12.3. The Labute approximate surface area is 124 Å². The number of nitrogens with zero attached hydrogens (tertiary/aromatic N) is 1. The van der Waals surface area contributed by atoms with Crippen LogP contribution in [-0.2, 0) is 14.4 Å². The predicted molar refractivity (Wildman–Crippen MR) is 76.5 cm³/mol. The molecule has 0 aromatic heterocycles. The molecule has 2 aliphatic rings. The Morgan fingerprint density at radius 3 is 2.29 bits per heavy atom. The minimum absolute atomic E-state index is 0.0156. The largest absolute Gasteiger partial charge is 0.481 e. The summed E-state index contributed by atoms with van der Waals surface area (Å²) in [4.78, 5) is 36.3. The second-order valence-electron chi connectivity index (χ2n) is 6.19. The van der Waals surface area contributed by atoms with Gasteiger partial charge in [0.15, 0.2) is 0 Å². The first-order chi connectivity index (χ1) is 9.97. The first-order valence-corrected chi connectivity index (χ1v) is 7.76. The number of hydrogen-bond acceptors (Lipinski definition) is 3. The van der Waals surface area contributed by atoms with Gasteiger partial charge in [-0.15, -0.1) is 0 Å². The van der Waals surface area contributed by atoms with Crippen LogP contribution in [0, 0.1) is 11.8 Å². The average molecular weight is 296 g/mol. The van der Waals surface area contributed by atoms with Gasteiger partial charge in [0.2, 0.25) is 11.8 Å². The number of carbonyl (C=O) groups is 3. The highest BCUT2D eigenvalue weighted by Crippen LogP contribution is 2.25. The lowest BCUT2D eigenvalue weighted by atomic mass is 9.85. The van der Waals surface area contributed by atoms with Gasteiger partial charge in [0.05, 0.1) is 5.92 Å². The van der Waals surface area contributed by atoms with E-state index in [1.165, 1.54) is 0 Å². The highest BCUT2D eigenvalue weighted by molar-refractivity contribution is 5.80. The van der Waals surface area contributed by atoms with Crippen LogP contribution in [0.25, 0.3) is 0 Å².